The molecule has 26 heavy (non-hydrogen) atoms. The van der Waals surface area contributed by atoms with Crippen molar-refractivity contribution in [2.45, 2.75) is 10.9 Å². The Balaban J connectivity index is 1.69. The average molecular weight is 370 g/mol. The van der Waals surface area contributed by atoms with E-state index in [1.54, 1.807) is 24.3 Å². The van der Waals surface area contributed by atoms with Gasteiger partial charge in [0.1, 0.15) is 17.0 Å². The number of thioether (sulfide) groups is 1. The molecule has 0 fully saturated rings. The van der Waals surface area contributed by atoms with Crippen molar-refractivity contribution in [1.82, 2.24) is 19.7 Å². The Morgan fingerprint density at radius 1 is 1.08 bits per heavy atom. The fourth-order valence-electron chi connectivity index (χ4n) is 2.52. The molecule has 0 atom stereocenters. The van der Waals surface area contributed by atoms with Crippen molar-refractivity contribution in [2.75, 3.05) is 0 Å². The minimum absolute atomic E-state index is 0.311. The maximum atomic E-state index is 13.3. The van der Waals surface area contributed by atoms with E-state index in [1.165, 1.54) is 46.9 Å². The van der Waals surface area contributed by atoms with Gasteiger partial charge >= 0.3 is 0 Å². The van der Waals surface area contributed by atoms with Crippen LogP contribution in [-0.2, 0) is 5.75 Å². The van der Waals surface area contributed by atoms with Gasteiger partial charge in [0.15, 0.2) is 10.8 Å². The first kappa shape index (κ1) is 16.5. The summed E-state index contributed by atoms with van der Waals surface area (Å²) in [4.78, 5) is 19.4. The molecule has 0 aliphatic rings. The lowest BCUT2D eigenvalue weighted by atomic mass is 10.2. The molecular formula is C18H12F2N4OS. The Labute approximate surface area is 150 Å². The van der Waals surface area contributed by atoms with Gasteiger partial charge in [0.2, 0.25) is 0 Å². The Hall–Kier alpha value is -3.00. The average Bonchev–Trinajstić information content (AvgIpc) is 3.05. The predicted molar refractivity (Wildman–Crippen MR) is 95.4 cm³/mol. The van der Waals surface area contributed by atoms with Crippen LogP contribution in [0.1, 0.15) is 5.56 Å². The number of hydrogen-bond donors (Lipinski definition) is 1. The second kappa shape index (κ2) is 6.72. The highest BCUT2D eigenvalue weighted by molar-refractivity contribution is 7.98. The van der Waals surface area contributed by atoms with Crippen LogP contribution in [0.5, 0.6) is 0 Å². The van der Waals surface area contributed by atoms with Crippen molar-refractivity contribution >= 4 is 22.8 Å². The van der Waals surface area contributed by atoms with Crippen molar-refractivity contribution in [3.63, 3.8) is 0 Å². The quantitative estimate of drug-likeness (QED) is 0.440. The van der Waals surface area contributed by atoms with Crippen molar-refractivity contribution < 1.29 is 8.78 Å². The maximum absolute atomic E-state index is 13.3. The van der Waals surface area contributed by atoms with Crippen molar-refractivity contribution in [3.05, 3.63) is 82.3 Å². The molecule has 0 unspecified atom stereocenters. The van der Waals surface area contributed by atoms with E-state index < -0.39 is 0 Å². The fourth-order valence-corrected chi connectivity index (χ4v) is 3.32. The summed E-state index contributed by atoms with van der Waals surface area (Å²) < 4.78 is 27.9. The van der Waals surface area contributed by atoms with Crippen molar-refractivity contribution in [3.8, 4) is 5.69 Å². The predicted octanol–water partition coefficient (Wildman–Crippen LogP) is 3.68. The highest BCUT2D eigenvalue weighted by Gasteiger charge is 2.12. The number of nitrogens with zero attached hydrogens (tertiary/aromatic N) is 3. The molecule has 8 heteroatoms. The molecule has 2 aromatic heterocycles. The normalized spacial score (nSPS) is 11.2. The van der Waals surface area contributed by atoms with Crippen LogP contribution in [0.15, 0.2) is 64.7 Å². The molecule has 0 aliphatic heterocycles. The SMILES string of the molecule is O=c1[nH]c(SCc2cccc(F)c2)nc2c1cnn2-c1ccc(F)cc1. The van der Waals surface area contributed by atoms with Gasteiger partial charge in [-0.25, -0.2) is 18.4 Å². The molecule has 2 aromatic carbocycles. The van der Waals surface area contributed by atoms with Crippen LogP contribution in [0.4, 0.5) is 8.78 Å². The largest absolute Gasteiger partial charge is 0.301 e. The first-order valence-electron chi connectivity index (χ1n) is 7.71. The topological polar surface area (TPSA) is 63.6 Å². The Morgan fingerprint density at radius 2 is 1.88 bits per heavy atom. The Kier molecular flexibility index (Phi) is 4.26. The number of aromatic nitrogens is 4. The minimum atomic E-state index is -0.359. The van der Waals surface area contributed by atoms with E-state index in [2.05, 4.69) is 15.1 Å². The zero-order valence-corrected chi connectivity index (χ0v) is 14.1. The summed E-state index contributed by atoms with van der Waals surface area (Å²) in [5, 5.41) is 4.92. The Morgan fingerprint density at radius 3 is 2.65 bits per heavy atom. The third-order valence-electron chi connectivity index (χ3n) is 3.75. The summed E-state index contributed by atoms with van der Waals surface area (Å²) in [6.07, 6.45) is 1.42. The molecule has 0 saturated carbocycles. The van der Waals surface area contributed by atoms with Gasteiger partial charge in [0, 0.05) is 5.75 Å². The van der Waals surface area contributed by atoms with Crippen LogP contribution < -0.4 is 5.56 Å². The molecule has 130 valence electrons. The summed E-state index contributed by atoms with van der Waals surface area (Å²) in [6, 6.07) is 12.0. The van der Waals surface area contributed by atoms with Gasteiger partial charge in [0.05, 0.1) is 11.9 Å². The number of nitrogens with one attached hydrogen (secondary N) is 1. The summed E-state index contributed by atoms with van der Waals surface area (Å²) >= 11 is 1.29. The van der Waals surface area contributed by atoms with Crippen LogP contribution in [0.2, 0.25) is 0 Å². The summed E-state index contributed by atoms with van der Waals surface area (Å²) in [5.74, 6) is -0.214. The first-order chi connectivity index (χ1) is 12.6. The molecule has 0 aliphatic carbocycles. The second-order valence-corrected chi connectivity index (χ2v) is 6.52. The van der Waals surface area contributed by atoms with Crippen molar-refractivity contribution in [1.29, 1.82) is 0 Å². The smallest absolute Gasteiger partial charge is 0.262 e. The standard InChI is InChI=1S/C18H12F2N4OS/c19-12-4-6-14(7-5-12)24-16-15(9-21-24)17(25)23-18(22-16)26-10-11-2-1-3-13(20)8-11/h1-9H,10H2,(H,22,23,25). The maximum Gasteiger partial charge on any atom is 0.262 e. The van der Waals surface area contributed by atoms with Gasteiger partial charge in [0.25, 0.3) is 5.56 Å². The lowest BCUT2D eigenvalue weighted by Crippen LogP contribution is -2.09. The molecule has 0 radical (unpaired) electrons. The van der Waals surface area contributed by atoms with E-state index >= 15 is 0 Å². The van der Waals surface area contributed by atoms with Gasteiger partial charge in [-0.3, -0.25) is 4.79 Å². The van der Waals surface area contributed by atoms with E-state index in [4.69, 9.17) is 0 Å². The summed E-state index contributed by atoms with van der Waals surface area (Å²) in [6.45, 7) is 0. The van der Waals surface area contributed by atoms with Crippen LogP contribution in [-0.4, -0.2) is 19.7 Å². The molecular weight excluding hydrogens is 358 g/mol. The Bertz CT molecular complexity index is 1140. The number of aromatic amines is 1. The second-order valence-electron chi connectivity index (χ2n) is 5.56. The van der Waals surface area contributed by atoms with Crippen LogP contribution in [0, 0.1) is 11.6 Å². The molecule has 0 spiro atoms. The first-order valence-corrected chi connectivity index (χ1v) is 8.70. The third-order valence-corrected chi connectivity index (χ3v) is 4.70. The molecule has 0 bridgehead atoms. The lowest BCUT2D eigenvalue weighted by Gasteiger charge is -2.05. The number of halogens is 2. The van der Waals surface area contributed by atoms with E-state index in [0.717, 1.165) is 5.56 Å². The zero-order chi connectivity index (χ0) is 18.1. The van der Waals surface area contributed by atoms with Gasteiger partial charge in [-0.2, -0.15) is 5.10 Å². The molecule has 0 amide bonds. The van der Waals surface area contributed by atoms with Gasteiger partial charge in [-0.15, -0.1) is 0 Å². The number of H-pyrrole nitrogens is 1. The molecule has 4 rings (SSSR count). The van der Waals surface area contributed by atoms with Gasteiger partial charge in [-0.1, -0.05) is 23.9 Å². The zero-order valence-electron chi connectivity index (χ0n) is 13.3. The van der Waals surface area contributed by atoms with Crippen LogP contribution >= 0.6 is 11.8 Å². The number of hydrogen-bond acceptors (Lipinski definition) is 4. The fraction of sp³-hybridized carbons (Fsp3) is 0.0556. The van der Waals surface area contributed by atoms with E-state index in [9.17, 15) is 13.6 Å². The minimum Gasteiger partial charge on any atom is -0.301 e. The lowest BCUT2D eigenvalue weighted by molar-refractivity contribution is 0.626. The number of benzene rings is 2. The van der Waals surface area contributed by atoms with Crippen molar-refractivity contribution in [2.24, 2.45) is 0 Å². The van der Waals surface area contributed by atoms with Gasteiger partial charge < -0.3 is 4.98 Å². The molecule has 5 nitrogen and oxygen atoms in total. The van der Waals surface area contributed by atoms with Gasteiger partial charge in [-0.05, 0) is 42.0 Å². The summed E-state index contributed by atoms with van der Waals surface area (Å²) in [7, 11) is 0. The molecule has 0 saturated heterocycles. The molecule has 1 N–H and O–H groups in total. The molecule has 4 aromatic rings. The highest BCUT2D eigenvalue weighted by Crippen LogP contribution is 2.21. The number of fused-ring (bicyclic) bond motifs is 1. The summed E-state index contributed by atoms with van der Waals surface area (Å²) in [5.41, 5.74) is 1.44. The van der Waals surface area contributed by atoms with E-state index in [-0.39, 0.29) is 17.2 Å². The molecule has 2 heterocycles. The highest BCUT2D eigenvalue weighted by atomic mass is 32.2. The number of rotatable bonds is 4. The van der Waals surface area contributed by atoms with E-state index in [1.807, 2.05) is 0 Å². The third kappa shape index (κ3) is 3.23. The van der Waals surface area contributed by atoms with E-state index in [0.29, 0.717) is 27.6 Å². The monoisotopic (exact) mass is 370 g/mol. The van der Waals surface area contributed by atoms with Crippen LogP contribution in [0.3, 0.4) is 0 Å². The van der Waals surface area contributed by atoms with Crippen LogP contribution in [0.25, 0.3) is 16.7 Å².